The van der Waals surface area contributed by atoms with Gasteiger partial charge in [-0.05, 0) is 26.8 Å². The van der Waals surface area contributed by atoms with Crippen molar-refractivity contribution in [2.24, 2.45) is 0 Å². The van der Waals surface area contributed by atoms with Crippen LogP contribution in [0, 0.1) is 0 Å². The third-order valence-corrected chi connectivity index (χ3v) is 2.02. The third kappa shape index (κ3) is 2.37. The summed E-state index contributed by atoms with van der Waals surface area (Å²) in [5.41, 5.74) is 0. The van der Waals surface area contributed by atoms with Gasteiger partial charge in [0.2, 0.25) is 0 Å². The molecule has 0 aliphatic carbocycles. The van der Waals surface area contributed by atoms with Crippen molar-refractivity contribution in [3.8, 4) is 0 Å². The summed E-state index contributed by atoms with van der Waals surface area (Å²) in [5.74, 6) is 0. The zero-order valence-electron chi connectivity index (χ0n) is 7.67. The minimum Gasteiger partial charge on any atom is -0.430 e. The molecule has 0 radical (unpaired) electrons. The van der Waals surface area contributed by atoms with Crippen molar-refractivity contribution in [1.82, 2.24) is 10.2 Å². The van der Waals surface area contributed by atoms with Gasteiger partial charge in [0.05, 0.1) is 0 Å². The van der Waals surface area contributed by atoms with Crippen LogP contribution in [0.2, 0.25) is 0 Å². The Morgan fingerprint density at radius 1 is 1.75 bits per heavy atom. The Balaban J connectivity index is 2.25. The molecule has 0 aromatic carbocycles. The van der Waals surface area contributed by atoms with Crippen molar-refractivity contribution >= 4 is 6.09 Å². The van der Waals surface area contributed by atoms with E-state index < -0.39 is 0 Å². The van der Waals surface area contributed by atoms with Gasteiger partial charge in [0.15, 0.2) is 6.23 Å². The average molecular weight is 172 g/mol. The van der Waals surface area contributed by atoms with Gasteiger partial charge in [0, 0.05) is 13.1 Å². The second-order valence-corrected chi connectivity index (χ2v) is 3.01. The molecule has 1 atom stereocenters. The number of likely N-dealkylation sites (tertiary alicyclic amines) is 1. The second kappa shape index (κ2) is 4.30. The third-order valence-electron chi connectivity index (χ3n) is 2.02. The first kappa shape index (κ1) is 9.32. The molecular formula is C8H16N2O2. The Kier molecular flexibility index (Phi) is 3.34. The van der Waals surface area contributed by atoms with Crippen molar-refractivity contribution in [3.63, 3.8) is 0 Å². The topological polar surface area (TPSA) is 41.6 Å². The molecule has 1 saturated heterocycles. The van der Waals surface area contributed by atoms with Crippen LogP contribution in [-0.4, -0.2) is 37.4 Å². The lowest BCUT2D eigenvalue weighted by Gasteiger charge is -2.19. The summed E-state index contributed by atoms with van der Waals surface area (Å²) in [7, 11) is 1.97. The van der Waals surface area contributed by atoms with Crippen LogP contribution in [0.4, 0.5) is 4.79 Å². The summed E-state index contributed by atoms with van der Waals surface area (Å²) in [6.45, 7) is 3.51. The van der Waals surface area contributed by atoms with Crippen LogP contribution in [0.1, 0.15) is 19.8 Å². The molecule has 1 amide bonds. The SMILES string of the molecule is CCNC(=O)OC1CCCN1C. The van der Waals surface area contributed by atoms with Gasteiger partial charge >= 0.3 is 6.09 Å². The van der Waals surface area contributed by atoms with Crippen molar-refractivity contribution in [2.75, 3.05) is 20.1 Å². The Labute approximate surface area is 72.9 Å². The predicted octanol–water partition coefficient (Wildman–Crippen LogP) is 0.784. The highest BCUT2D eigenvalue weighted by atomic mass is 16.6. The molecule has 1 fully saturated rings. The van der Waals surface area contributed by atoms with E-state index in [0.29, 0.717) is 6.54 Å². The minimum absolute atomic E-state index is 0.0171. The molecule has 1 aliphatic rings. The summed E-state index contributed by atoms with van der Waals surface area (Å²) < 4.78 is 5.14. The lowest BCUT2D eigenvalue weighted by atomic mass is 10.4. The number of ether oxygens (including phenoxy) is 1. The summed E-state index contributed by atoms with van der Waals surface area (Å²) in [4.78, 5) is 13.0. The number of hydrogen-bond acceptors (Lipinski definition) is 3. The highest BCUT2D eigenvalue weighted by Crippen LogP contribution is 2.15. The van der Waals surface area contributed by atoms with Gasteiger partial charge in [-0.25, -0.2) is 4.79 Å². The maximum Gasteiger partial charge on any atom is 0.408 e. The van der Waals surface area contributed by atoms with E-state index in [2.05, 4.69) is 10.2 Å². The summed E-state index contributed by atoms with van der Waals surface area (Å²) in [6, 6.07) is 0. The Hall–Kier alpha value is -0.770. The van der Waals surface area contributed by atoms with Crippen LogP contribution in [-0.2, 0) is 4.74 Å². The molecule has 4 heteroatoms. The van der Waals surface area contributed by atoms with Crippen LogP contribution >= 0.6 is 0 Å². The van der Waals surface area contributed by atoms with E-state index in [-0.39, 0.29) is 12.3 Å². The van der Waals surface area contributed by atoms with Gasteiger partial charge in [-0.2, -0.15) is 0 Å². The van der Waals surface area contributed by atoms with Crippen molar-refractivity contribution in [2.45, 2.75) is 26.0 Å². The summed E-state index contributed by atoms with van der Waals surface area (Å²) in [6.07, 6.45) is 1.74. The molecule has 1 heterocycles. The molecule has 1 rings (SSSR count). The fourth-order valence-electron chi connectivity index (χ4n) is 1.34. The fourth-order valence-corrected chi connectivity index (χ4v) is 1.34. The monoisotopic (exact) mass is 172 g/mol. The van der Waals surface area contributed by atoms with Gasteiger partial charge in [-0.1, -0.05) is 0 Å². The first-order chi connectivity index (χ1) is 5.74. The van der Waals surface area contributed by atoms with Crippen LogP contribution in [0.15, 0.2) is 0 Å². The molecule has 1 unspecified atom stereocenters. The number of nitrogens with zero attached hydrogens (tertiary/aromatic N) is 1. The van der Waals surface area contributed by atoms with Crippen LogP contribution < -0.4 is 5.32 Å². The van der Waals surface area contributed by atoms with Gasteiger partial charge < -0.3 is 10.1 Å². The first-order valence-corrected chi connectivity index (χ1v) is 4.38. The van der Waals surface area contributed by atoms with Crippen molar-refractivity contribution in [1.29, 1.82) is 0 Å². The number of carbonyl (C=O) groups excluding carboxylic acids is 1. The Bertz CT molecular complexity index is 161. The lowest BCUT2D eigenvalue weighted by molar-refractivity contribution is 0.0270. The van der Waals surface area contributed by atoms with E-state index in [1.54, 1.807) is 0 Å². The number of rotatable bonds is 2. The smallest absolute Gasteiger partial charge is 0.408 e. The summed E-state index contributed by atoms with van der Waals surface area (Å²) in [5, 5.41) is 2.61. The van der Waals surface area contributed by atoms with Gasteiger partial charge in [-0.3, -0.25) is 4.90 Å². The number of alkyl carbamates (subject to hydrolysis) is 1. The molecule has 0 spiro atoms. The molecule has 0 bridgehead atoms. The molecule has 0 aromatic rings. The fraction of sp³-hybridized carbons (Fsp3) is 0.875. The molecule has 12 heavy (non-hydrogen) atoms. The first-order valence-electron chi connectivity index (χ1n) is 4.38. The van der Waals surface area contributed by atoms with E-state index in [1.807, 2.05) is 14.0 Å². The summed E-state index contributed by atoms with van der Waals surface area (Å²) >= 11 is 0. The highest BCUT2D eigenvalue weighted by molar-refractivity contribution is 5.67. The largest absolute Gasteiger partial charge is 0.430 e. The Morgan fingerprint density at radius 3 is 3.00 bits per heavy atom. The predicted molar refractivity (Wildman–Crippen MR) is 45.8 cm³/mol. The maximum absolute atomic E-state index is 11.0. The number of carbonyl (C=O) groups is 1. The average Bonchev–Trinajstić information content (AvgIpc) is 2.37. The van der Waals surface area contributed by atoms with E-state index in [0.717, 1.165) is 19.4 Å². The standard InChI is InChI=1S/C8H16N2O2/c1-3-9-8(11)12-7-5-4-6-10(7)2/h7H,3-6H2,1-2H3,(H,9,11). The normalized spacial score (nSPS) is 24.0. The van der Waals surface area contributed by atoms with Crippen LogP contribution in [0.5, 0.6) is 0 Å². The van der Waals surface area contributed by atoms with E-state index in [9.17, 15) is 4.79 Å². The van der Waals surface area contributed by atoms with Crippen LogP contribution in [0.3, 0.4) is 0 Å². The molecule has 0 saturated carbocycles. The highest BCUT2D eigenvalue weighted by Gasteiger charge is 2.23. The second-order valence-electron chi connectivity index (χ2n) is 3.01. The lowest BCUT2D eigenvalue weighted by Crippen LogP contribution is -2.34. The minimum atomic E-state index is -0.309. The van der Waals surface area contributed by atoms with Gasteiger partial charge in [0.1, 0.15) is 0 Å². The zero-order chi connectivity index (χ0) is 8.97. The van der Waals surface area contributed by atoms with E-state index >= 15 is 0 Å². The van der Waals surface area contributed by atoms with Gasteiger partial charge in [0.25, 0.3) is 0 Å². The van der Waals surface area contributed by atoms with Crippen molar-refractivity contribution < 1.29 is 9.53 Å². The van der Waals surface area contributed by atoms with Crippen LogP contribution in [0.25, 0.3) is 0 Å². The molecule has 70 valence electrons. The zero-order valence-corrected chi connectivity index (χ0v) is 7.67. The maximum atomic E-state index is 11.0. The Morgan fingerprint density at radius 2 is 2.50 bits per heavy atom. The quantitative estimate of drug-likeness (QED) is 0.669. The molecule has 4 nitrogen and oxygen atoms in total. The molecule has 1 N–H and O–H groups in total. The van der Waals surface area contributed by atoms with E-state index in [4.69, 9.17) is 4.74 Å². The number of hydrogen-bond donors (Lipinski definition) is 1. The molecular weight excluding hydrogens is 156 g/mol. The van der Waals surface area contributed by atoms with E-state index in [1.165, 1.54) is 0 Å². The van der Waals surface area contributed by atoms with Gasteiger partial charge in [-0.15, -0.1) is 0 Å². The molecule has 0 aromatic heterocycles. The molecule has 1 aliphatic heterocycles. The van der Waals surface area contributed by atoms with Crippen molar-refractivity contribution in [3.05, 3.63) is 0 Å². The number of nitrogens with one attached hydrogen (secondary N) is 1. The number of amides is 1.